The molecule has 194 valence electrons. The molecule has 0 spiro atoms. The fraction of sp³-hybridized carbons (Fsp3) is 0.370. The number of anilines is 2. The van der Waals surface area contributed by atoms with Crippen molar-refractivity contribution in [3.05, 3.63) is 70.5 Å². The molecule has 0 saturated heterocycles. The number of carbonyl (C=O) groups excluding carboxylic acids is 1. The Morgan fingerprint density at radius 1 is 1.11 bits per heavy atom. The molecule has 1 fully saturated rings. The number of alkyl halides is 3. The number of carbonyl (C=O) groups is 1. The Balaban J connectivity index is 1.28. The molecule has 1 N–H and O–H groups in total. The first-order valence-electron chi connectivity index (χ1n) is 12.2. The second-order valence-corrected chi connectivity index (χ2v) is 9.91. The first-order chi connectivity index (χ1) is 17.7. The number of nitrogens with one attached hydrogen (secondary N) is 1. The van der Waals surface area contributed by atoms with E-state index in [4.69, 9.17) is 11.6 Å². The highest BCUT2D eigenvalue weighted by atomic mass is 35.5. The Hall–Kier alpha value is -3.33. The summed E-state index contributed by atoms with van der Waals surface area (Å²) < 4.78 is 38.8. The lowest BCUT2D eigenvalue weighted by Crippen LogP contribution is -2.42. The van der Waals surface area contributed by atoms with Crippen LogP contribution in [-0.4, -0.2) is 53.1 Å². The summed E-state index contributed by atoms with van der Waals surface area (Å²) in [5.41, 5.74) is 5.31. The third kappa shape index (κ3) is 5.66. The van der Waals surface area contributed by atoms with Crippen LogP contribution in [0.15, 0.2) is 48.8 Å². The number of benzene rings is 2. The molecule has 5 rings (SSSR count). The van der Waals surface area contributed by atoms with Crippen LogP contribution >= 0.6 is 11.6 Å². The second kappa shape index (κ2) is 10.2. The van der Waals surface area contributed by atoms with Crippen molar-refractivity contribution in [2.24, 2.45) is 0 Å². The molecule has 6 nitrogen and oxygen atoms in total. The molecule has 1 amide bonds. The van der Waals surface area contributed by atoms with Crippen LogP contribution in [0, 0.1) is 0 Å². The highest BCUT2D eigenvalue weighted by molar-refractivity contribution is 6.33. The van der Waals surface area contributed by atoms with Gasteiger partial charge in [-0.3, -0.25) is 4.79 Å². The number of aromatic nitrogens is 2. The van der Waals surface area contributed by atoms with Gasteiger partial charge in [-0.1, -0.05) is 41.9 Å². The van der Waals surface area contributed by atoms with E-state index in [1.165, 1.54) is 12.8 Å². The van der Waals surface area contributed by atoms with E-state index in [9.17, 15) is 18.0 Å². The van der Waals surface area contributed by atoms with Crippen molar-refractivity contribution in [1.82, 2.24) is 14.9 Å². The van der Waals surface area contributed by atoms with Crippen molar-refractivity contribution in [3.8, 4) is 11.3 Å². The van der Waals surface area contributed by atoms with E-state index < -0.39 is 12.1 Å². The first kappa shape index (κ1) is 25.3. The number of amides is 1. The highest BCUT2D eigenvalue weighted by Gasteiger charge is 2.42. The van der Waals surface area contributed by atoms with Crippen LogP contribution in [0.25, 0.3) is 11.3 Å². The molecule has 2 aliphatic rings. The average Bonchev–Trinajstić information content (AvgIpc) is 3.75. The van der Waals surface area contributed by atoms with Crippen LogP contribution in [-0.2, 0) is 24.2 Å². The van der Waals surface area contributed by atoms with Crippen molar-refractivity contribution in [1.29, 1.82) is 0 Å². The van der Waals surface area contributed by atoms with E-state index in [2.05, 4.69) is 27.2 Å². The number of hydrogen-bond donors (Lipinski definition) is 1. The molecule has 1 aliphatic heterocycles. The monoisotopic (exact) mass is 529 g/mol. The smallest absolute Gasteiger partial charge is 0.380 e. The number of rotatable bonds is 6. The van der Waals surface area contributed by atoms with Crippen molar-refractivity contribution >= 4 is 29.0 Å². The van der Waals surface area contributed by atoms with Gasteiger partial charge in [0.25, 0.3) is 0 Å². The van der Waals surface area contributed by atoms with Crippen LogP contribution in [0.3, 0.4) is 0 Å². The summed E-state index contributed by atoms with van der Waals surface area (Å²) in [7, 11) is 2.06. The zero-order chi connectivity index (χ0) is 26.2. The van der Waals surface area contributed by atoms with E-state index in [1.54, 1.807) is 12.4 Å². The van der Waals surface area contributed by atoms with Gasteiger partial charge in [-0.25, -0.2) is 9.97 Å². The summed E-state index contributed by atoms with van der Waals surface area (Å²) in [5, 5.41) is 3.87. The van der Waals surface area contributed by atoms with Gasteiger partial charge in [0.2, 0.25) is 0 Å². The van der Waals surface area contributed by atoms with Crippen LogP contribution in [0.1, 0.15) is 29.5 Å². The minimum Gasteiger partial charge on any atom is -0.380 e. The zero-order valence-corrected chi connectivity index (χ0v) is 21.1. The summed E-state index contributed by atoms with van der Waals surface area (Å²) in [5.74, 6) is -0.885. The summed E-state index contributed by atoms with van der Waals surface area (Å²) in [6.07, 6.45) is -0.265. The van der Waals surface area contributed by atoms with E-state index in [0.29, 0.717) is 36.1 Å². The predicted octanol–water partition coefficient (Wildman–Crippen LogP) is 5.50. The van der Waals surface area contributed by atoms with Crippen LogP contribution in [0.4, 0.5) is 24.7 Å². The van der Waals surface area contributed by atoms with Gasteiger partial charge < -0.3 is 15.1 Å². The molecular formula is C27H27ClF3N5O. The molecule has 0 unspecified atom stereocenters. The van der Waals surface area contributed by atoms with Crippen LogP contribution in [0.2, 0.25) is 5.02 Å². The van der Waals surface area contributed by atoms with Crippen molar-refractivity contribution in [3.63, 3.8) is 0 Å². The Kier molecular flexibility index (Phi) is 6.98. The van der Waals surface area contributed by atoms with Crippen molar-refractivity contribution < 1.29 is 18.0 Å². The number of fused-ring (bicyclic) bond motifs is 1. The molecular weight excluding hydrogens is 503 g/mol. The van der Waals surface area contributed by atoms with Gasteiger partial charge in [0, 0.05) is 44.4 Å². The molecule has 37 heavy (non-hydrogen) atoms. The van der Waals surface area contributed by atoms with Crippen LogP contribution < -0.4 is 10.2 Å². The lowest BCUT2D eigenvalue weighted by Gasteiger charge is -2.21. The Labute approximate surface area is 218 Å². The zero-order valence-electron chi connectivity index (χ0n) is 20.4. The van der Waals surface area contributed by atoms with E-state index in [0.717, 1.165) is 38.7 Å². The Bertz CT molecular complexity index is 1290. The maximum absolute atomic E-state index is 12.9. The molecule has 1 saturated carbocycles. The van der Waals surface area contributed by atoms with E-state index in [-0.39, 0.29) is 13.1 Å². The summed E-state index contributed by atoms with van der Waals surface area (Å²) in [6.45, 7) is 0.502. The van der Waals surface area contributed by atoms with Crippen molar-refractivity contribution in [2.45, 2.75) is 44.4 Å². The van der Waals surface area contributed by atoms with Crippen molar-refractivity contribution in [2.75, 3.05) is 30.4 Å². The topological polar surface area (TPSA) is 61.4 Å². The van der Waals surface area contributed by atoms with Gasteiger partial charge in [-0.2, -0.15) is 13.2 Å². The first-order valence-corrected chi connectivity index (χ1v) is 12.6. The average molecular weight is 530 g/mol. The molecule has 1 aliphatic carbocycles. The van der Waals surface area contributed by atoms with Crippen LogP contribution in [0.5, 0.6) is 0 Å². The summed E-state index contributed by atoms with van der Waals surface area (Å²) in [6, 6.07) is 14.2. The maximum atomic E-state index is 12.9. The lowest BCUT2D eigenvalue weighted by molar-refractivity contribution is -0.185. The largest absolute Gasteiger partial charge is 0.471 e. The fourth-order valence-electron chi connectivity index (χ4n) is 4.70. The second-order valence-electron chi connectivity index (χ2n) is 9.50. The third-order valence-corrected chi connectivity index (χ3v) is 7.31. The van der Waals surface area contributed by atoms with Gasteiger partial charge in [-0.15, -0.1) is 0 Å². The van der Waals surface area contributed by atoms with Gasteiger partial charge >= 0.3 is 12.1 Å². The lowest BCUT2D eigenvalue weighted by atomic mass is 10.0. The van der Waals surface area contributed by atoms with Gasteiger partial charge in [0.05, 0.1) is 16.4 Å². The molecule has 2 aromatic carbocycles. The quantitative estimate of drug-likeness (QED) is 0.457. The molecule has 10 heteroatoms. The molecule has 0 bridgehead atoms. The van der Waals surface area contributed by atoms with Gasteiger partial charge in [-0.05, 0) is 48.4 Å². The fourth-order valence-corrected chi connectivity index (χ4v) is 4.94. The summed E-state index contributed by atoms with van der Waals surface area (Å²) in [4.78, 5) is 23.6. The van der Waals surface area contributed by atoms with Gasteiger partial charge in [0.1, 0.15) is 12.1 Å². The number of nitrogens with zero attached hydrogens (tertiary/aromatic N) is 4. The van der Waals surface area contributed by atoms with E-state index >= 15 is 0 Å². The number of halogens is 4. The maximum Gasteiger partial charge on any atom is 0.471 e. The molecule has 0 radical (unpaired) electrons. The number of hydrogen-bond acceptors (Lipinski definition) is 5. The molecule has 3 aromatic rings. The minimum atomic E-state index is -4.87. The predicted molar refractivity (Wildman–Crippen MR) is 138 cm³/mol. The minimum absolute atomic E-state index is 0.00802. The van der Waals surface area contributed by atoms with Gasteiger partial charge in [0.15, 0.2) is 0 Å². The van der Waals surface area contributed by atoms with E-state index in [1.807, 2.05) is 36.4 Å². The Morgan fingerprint density at radius 3 is 2.54 bits per heavy atom. The Morgan fingerprint density at radius 2 is 1.84 bits per heavy atom. The molecule has 2 heterocycles. The standard InChI is InChI=1S/C27H27ClF3N5O/c1-35(20-7-8-20)24-14-23(33-16-34-24)19-4-2-17(3-5-19)15-32-25-21-11-13-36(26(37)27(29,30)31)12-10-18(21)6-9-22(25)28/h2-6,9,14,16,20,32H,7-8,10-13,15H2,1H3. The third-order valence-electron chi connectivity index (χ3n) is 7.00. The molecule has 0 atom stereocenters. The highest BCUT2D eigenvalue weighted by Crippen LogP contribution is 2.33. The summed E-state index contributed by atoms with van der Waals surface area (Å²) >= 11 is 6.48. The normalized spacial score (nSPS) is 15.6. The molecule has 1 aromatic heterocycles. The SMILES string of the molecule is CN(c1cc(-c2ccc(CNc3c(Cl)ccc4c3CCN(C(=O)C(F)(F)F)CC4)cc2)ncn1)C1CC1.